The highest BCUT2D eigenvalue weighted by molar-refractivity contribution is 6.09. The van der Waals surface area contributed by atoms with Gasteiger partial charge < -0.3 is 39.1 Å². The van der Waals surface area contributed by atoms with Crippen LogP contribution in [0.1, 0.15) is 100 Å². The molecule has 1 aliphatic heterocycles. The number of H-pyrrole nitrogens is 2. The fourth-order valence-corrected chi connectivity index (χ4v) is 9.61. The van der Waals surface area contributed by atoms with Gasteiger partial charge in [0.25, 0.3) is 0 Å². The fraction of sp³-hybridized carbons (Fsp3) is 0.167. The summed E-state index contributed by atoms with van der Waals surface area (Å²) >= 11 is 0. The first-order chi connectivity index (χ1) is 35.6. The molecular formula is C60H50N6O8. The lowest BCUT2D eigenvalue weighted by Gasteiger charge is -2.26. The van der Waals surface area contributed by atoms with Crippen molar-refractivity contribution in [2.75, 3.05) is 0 Å². The molecule has 4 aliphatic rings. The smallest absolute Gasteiger partial charge is 0.205 e. The highest BCUT2D eigenvalue weighted by Crippen LogP contribution is 2.45. The Morgan fingerprint density at radius 1 is 0.486 bits per heavy atom. The molecule has 11 rings (SSSR count). The van der Waals surface area contributed by atoms with Crippen LogP contribution in [0.15, 0.2) is 133 Å². The minimum atomic E-state index is -0.644. The maximum absolute atomic E-state index is 13.9. The summed E-state index contributed by atoms with van der Waals surface area (Å²) in [6, 6.07) is 29.9. The van der Waals surface area contributed by atoms with Gasteiger partial charge in [-0.1, -0.05) is 72.8 Å². The fourth-order valence-electron chi connectivity index (χ4n) is 9.61. The van der Waals surface area contributed by atoms with E-state index in [1.807, 2.05) is 140 Å². The number of ether oxygens (including phenoxy) is 4. The minimum absolute atomic E-state index is 0.0149. The summed E-state index contributed by atoms with van der Waals surface area (Å²) in [6.07, 6.45) is 5.91. The maximum Gasteiger partial charge on any atom is 0.205 e. The summed E-state index contributed by atoms with van der Waals surface area (Å²) in [5.74, 6) is 1.44. The van der Waals surface area contributed by atoms with Gasteiger partial charge in [-0.2, -0.15) is 0 Å². The van der Waals surface area contributed by atoms with Gasteiger partial charge in [0.05, 0.1) is 23.2 Å². The summed E-state index contributed by atoms with van der Waals surface area (Å²) in [6.45, 7) is 15.7. The minimum Gasteiger partial charge on any atom is -0.506 e. The molecule has 14 heteroatoms. The van der Waals surface area contributed by atoms with Gasteiger partial charge in [-0.3, -0.25) is 9.59 Å². The summed E-state index contributed by atoms with van der Waals surface area (Å²) in [5, 5.41) is 23.9. The molecule has 0 saturated carbocycles. The third kappa shape index (κ3) is 8.59. The number of carbonyl (C=O) groups excluding carboxylic acids is 2. The summed E-state index contributed by atoms with van der Waals surface area (Å²) in [4.78, 5) is 54.1. The molecule has 0 saturated heterocycles. The number of aliphatic hydroxyl groups is 2. The summed E-state index contributed by atoms with van der Waals surface area (Å²) in [7, 11) is 0. The van der Waals surface area contributed by atoms with Crippen LogP contribution in [-0.4, -0.2) is 31.7 Å². The van der Waals surface area contributed by atoms with Crippen molar-refractivity contribution in [3.05, 3.63) is 212 Å². The number of benzene rings is 5. The van der Waals surface area contributed by atoms with Crippen LogP contribution in [-0.2, 0) is 0 Å². The molecule has 2 atom stereocenters. The number of aromatic nitrogens is 6. The molecule has 3 aliphatic carbocycles. The van der Waals surface area contributed by atoms with Crippen LogP contribution < -0.4 is 38.9 Å². The van der Waals surface area contributed by atoms with Gasteiger partial charge in [-0.25, -0.2) is 19.9 Å². The van der Waals surface area contributed by atoms with Gasteiger partial charge >= 0.3 is 0 Å². The molecule has 8 bridgehead atoms. The second kappa shape index (κ2) is 18.4. The zero-order valence-electron chi connectivity index (χ0n) is 41.8. The largest absolute Gasteiger partial charge is 0.506 e. The standard InChI is InChI=1S/C60H50N6O8/c1-29-13-9-14-30(2)53(29)71-49-21-37-38(22-50(49)72-54-31(3)15-10-16-32(54)4)58-62-42-26-44(48(70)28-46(42)68)64-60-40-24-52(74-56-35(7)19-12-20-36(56)8)51(73-55-33(5)17-11-18-34(55)6)23-39(40)59(66-60)63-43-25-41(61-57(37)65-58)45(67)27-47(43)69/h9-28,37-38H,1-8H3,(H4,61,62,63,64,65,66,67,68,69,70). The Bertz CT molecular complexity index is 3850. The molecule has 2 unspecified atom stereocenters. The van der Waals surface area contributed by atoms with E-state index in [1.165, 1.54) is 12.1 Å². The first-order valence-electron chi connectivity index (χ1n) is 24.1. The van der Waals surface area contributed by atoms with Gasteiger partial charge in [0.1, 0.15) is 63.2 Å². The molecule has 3 heterocycles. The van der Waals surface area contributed by atoms with Crippen LogP contribution in [0, 0.1) is 55.4 Å². The monoisotopic (exact) mass is 982 g/mol. The zero-order chi connectivity index (χ0) is 51.7. The molecule has 7 aromatic rings. The number of hydrogen-bond acceptors (Lipinski definition) is 10. The van der Waals surface area contributed by atoms with Crippen molar-refractivity contribution in [3.63, 3.8) is 0 Å². The van der Waals surface area contributed by atoms with Gasteiger partial charge in [0, 0.05) is 22.9 Å². The summed E-state index contributed by atoms with van der Waals surface area (Å²) < 4.78 is 27.1. The third-order valence-electron chi connectivity index (χ3n) is 13.6. The topological polar surface area (TPSA) is 194 Å². The van der Waals surface area contributed by atoms with Crippen molar-refractivity contribution < 1.29 is 48.7 Å². The molecule has 0 radical (unpaired) electrons. The molecule has 5 aromatic carbocycles. The van der Waals surface area contributed by atoms with E-state index in [0.717, 1.165) is 56.7 Å². The predicted octanol–water partition coefficient (Wildman–Crippen LogP) is 11.5. The second-order valence-electron chi connectivity index (χ2n) is 19.0. The first-order valence-corrected chi connectivity index (χ1v) is 24.1. The number of aromatic amines is 2. The Morgan fingerprint density at radius 2 is 0.892 bits per heavy atom. The van der Waals surface area contributed by atoms with Crippen molar-refractivity contribution >= 4 is 45.2 Å². The number of allylic oxidation sites excluding steroid dienone is 4. The van der Waals surface area contributed by atoms with Crippen molar-refractivity contribution in [1.29, 1.82) is 0 Å². The number of para-hydroxylation sites is 4. The van der Waals surface area contributed by atoms with Gasteiger partial charge in [0.15, 0.2) is 28.7 Å². The highest BCUT2D eigenvalue weighted by atomic mass is 16.5. The molecule has 2 aromatic heterocycles. The lowest BCUT2D eigenvalue weighted by Crippen LogP contribution is -2.25. The molecular weight excluding hydrogens is 933 g/mol. The van der Waals surface area contributed by atoms with Gasteiger partial charge in [0.2, 0.25) is 11.6 Å². The Kier molecular flexibility index (Phi) is 11.7. The van der Waals surface area contributed by atoms with Crippen molar-refractivity contribution in [2.45, 2.75) is 67.2 Å². The number of nitrogens with zero attached hydrogens (tertiary/aromatic N) is 4. The van der Waals surface area contributed by atoms with E-state index in [0.29, 0.717) is 62.6 Å². The number of aliphatic hydroxyl groups excluding tert-OH is 2. The Hall–Kier alpha value is -9.30. The van der Waals surface area contributed by atoms with E-state index in [4.69, 9.17) is 38.9 Å². The molecule has 14 nitrogen and oxygen atoms in total. The average Bonchev–Trinajstić information content (AvgIpc) is 3.86. The van der Waals surface area contributed by atoms with Crippen LogP contribution in [0.5, 0.6) is 34.5 Å². The lowest BCUT2D eigenvalue weighted by molar-refractivity contribution is -0.398. The molecule has 74 heavy (non-hydrogen) atoms. The maximum atomic E-state index is 13.9. The second-order valence-corrected chi connectivity index (χ2v) is 19.0. The van der Waals surface area contributed by atoms with Gasteiger partial charge in [-0.05, 0) is 136 Å². The number of nitrogens with one attached hydrogen (secondary N) is 2. The molecule has 4 N–H and O–H groups in total. The molecule has 0 amide bonds. The number of rotatable bonds is 8. The Morgan fingerprint density at radius 3 is 1.36 bits per heavy atom. The number of carbonyl (C=O) groups is 2. The van der Waals surface area contributed by atoms with Crippen molar-refractivity contribution in [2.24, 2.45) is 0 Å². The number of aryl methyl sites for hydroxylation is 8. The molecule has 0 fully saturated rings. The number of fused-ring (bicyclic) bond motifs is 14. The van der Waals surface area contributed by atoms with E-state index in [9.17, 15) is 19.8 Å². The van der Waals surface area contributed by atoms with Crippen molar-refractivity contribution in [1.82, 2.24) is 19.9 Å². The van der Waals surface area contributed by atoms with Crippen LogP contribution in [0.25, 0.3) is 33.6 Å². The van der Waals surface area contributed by atoms with Crippen LogP contribution in [0.4, 0.5) is 0 Å². The number of hydrogen-bond donors (Lipinski definition) is 2. The van der Waals surface area contributed by atoms with E-state index in [2.05, 4.69) is 9.97 Å². The third-order valence-corrected chi connectivity index (χ3v) is 13.6. The normalized spacial score (nSPS) is 15.8. The van der Waals surface area contributed by atoms with Crippen LogP contribution >= 0.6 is 0 Å². The summed E-state index contributed by atoms with van der Waals surface area (Å²) in [5.41, 5.74) is 7.67. The van der Waals surface area contributed by atoms with E-state index in [-0.39, 0.29) is 45.7 Å². The molecule has 0 spiro atoms. The lowest BCUT2D eigenvalue weighted by atomic mass is 9.88. The highest BCUT2D eigenvalue weighted by Gasteiger charge is 2.38. The van der Waals surface area contributed by atoms with E-state index < -0.39 is 29.2 Å². The molecule has 368 valence electrons. The quantitative estimate of drug-likeness (QED) is 0.147. The van der Waals surface area contributed by atoms with Crippen LogP contribution in [0.2, 0.25) is 0 Å². The first kappa shape index (κ1) is 47.0. The van der Waals surface area contributed by atoms with Crippen molar-refractivity contribution in [3.8, 4) is 34.5 Å². The average molecular weight is 983 g/mol. The SMILES string of the molecule is Cc1cccc(C)c1OC1=CC2c3nc4cc([nH+]c5[n-]c(nc6cc([nH+]c([n-]3)C2C=C1Oc1c(C)cccc1C)C(=O)C=C6O)c1cc(Oc2c(C)cccc2C)c(Oc2c(C)cccc2C)cc51)C(=O)C=C4O. The zero-order valence-corrected chi connectivity index (χ0v) is 41.8. The predicted molar refractivity (Wildman–Crippen MR) is 277 cm³/mol. The van der Waals surface area contributed by atoms with E-state index in [1.54, 1.807) is 12.1 Å². The van der Waals surface area contributed by atoms with Crippen LogP contribution in [0.3, 0.4) is 0 Å². The Balaban J connectivity index is 1.17. The van der Waals surface area contributed by atoms with Gasteiger partial charge in [-0.15, -0.1) is 0 Å². The van der Waals surface area contributed by atoms with E-state index >= 15 is 0 Å². The number of ketones is 2. The Labute approximate surface area is 425 Å².